The van der Waals surface area contributed by atoms with Crippen LogP contribution in [-0.4, -0.2) is 38.7 Å². The standard InChI is InChI=1S/C22H24N4O2/c1-22(2,3)19-10-11-20(27)26(24-19)14-15-12-25(13-15)21(28)18-9-8-16-6-4-5-7-17(16)23-18/h4-11,15H,12-14H2,1-3H3. The highest BCUT2D eigenvalue weighted by Gasteiger charge is 2.32. The predicted molar refractivity (Wildman–Crippen MR) is 108 cm³/mol. The van der Waals surface area contributed by atoms with E-state index >= 15 is 0 Å². The topological polar surface area (TPSA) is 68.1 Å². The molecule has 0 saturated carbocycles. The number of fused-ring (bicyclic) bond motifs is 1. The Morgan fingerprint density at radius 2 is 1.82 bits per heavy atom. The molecule has 28 heavy (non-hydrogen) atoms. The summed E-state index contributed by atoms with van der Waals surface area (Å²) in [5, 5.41) is 5.53. The van der Waals surface area contributed by atoms with E-state index in [1.165, 1.54) is 4.68 Å². The van der Waals surface area contributed by atoms with Gasteiger partial charge in [0, 0.05) is 35.9 Å². The molecule has 0 spiro atoms. The summed E-state index contributed by atoms with van der Waals surface area (Å²) in [5.74, 6) is 0.163. The van der Waals surface area contributed by atoms with Gasteiger partial charge >= 0.3 is 0 Å². The zero-order valence-electron chi connectivity index (χ0n) is 16.4. The van der Waals surface area contributed by atoms with Crippen LogP contribution in [0.4, 0.5) is 0 Å². The van der Waals surface area contributed by atoms with Crippen molar-refractivity contribution in [1.29, 1.82) is 0 Å². The fourth-order valence-corrected chi connectivity index (χ4v) is 3.42. The average Bonchev–Trinajstić information content (AvgIpc) is 2.63. The SMILES string of the molecule is CC(C)(C)c1ccc(=O)n(CC2CN(C(=O)c3ccc4ccccc4n3)C2)n1. The second-order valence-corrected chi connectivity index (χ2v) is 8.45. The molecular weight excluding hydrogens is 352 g/mol. The highest BCUT2D eigenvalue weighted by atomic mass is 16.2. The van der Waals surface area contributed by atoms with Crippen LogP contribution in [0.15, 0.2) is 53.3 Å². The Morgan fingerprint density at radius 3 is 2.57 bits per heavy atom. The first-order valence-corrected chi connectivity index (χ1v) is 9.55. The number of aromatic nitrogens is 3. The predicted octanol–water partition coefficient (Wildman–Crippen LogP) is 2.86. The number of hydrogen-bond acceptors (Lipinski definition) is 4. The third kappa shape index (κ3) is 3.54. The van der Waals surface area contributed by atoms with Crippen molar-refractivity contribution in [2.45, 2.75) is 32.7 Å². The molecule has 0 aliphatic carbocycles. The van der Waals surface area contributed by atoms with Gasteiger partial charge in [-0.3, -0.25) is 9.59 Å². The van der Waals surface area contributed by atoms with E-state index in [2.05, 4.69) is 30.9 Å². The van der Waals surface area contributed by atoms with Gasteiger partial charge in [-0.2, -0.15) is 5.10 Å². The molecule has 1 aliphatic heterocycles. The maximum Gasteiger partial charge on any atom is 0.272 e. The minimum absolute atomic E-state index is 0.0641. The van der Waals surface area contributed by atoms with Gasteiger partial charge in [-0.25, -0.2) is 9.67 Å². The summed E-state index contributed by atoms with van der Waals surface area (Å²) < 4.78 is 1.53. The van der Waals surface area contributed by atoms with Crippen LogP contribution in [0.2, 0.25) is 0 Å². The molecule has 6 heteroatoms. The van der Waals surface area contributed by atoms with Gasteiger partial charge in [0.25, 0.3) is 11.5 Å². The molecule has 1 aromatic carbocycles. The Kier molecular flexibility index (Phi) is 4.49. The van der Waals surface area contributed by atoms with E-state index in [1.54, 1.807) is 23.1 Å². The first-order chi connectivity index (χ1) is 13.3. The molecular formula is C22H24N4O2. The molecule has 144 valence electrons. The lowest BCUT2D eigenvalue weighted by Crippen LogP contribution is -2.52. The maximum absolute atomic E-state index is 12.7. The van der Waals surface area contributed by atoms with Gasteiger partial charge < -0.3 is 4.90 Å². The van der Waals surface area contributed by atoms with Crippen molar-refractivity contribution in [1.82, 2.24) is 19.7 Å². The molecule has 4 rings (SSSR count). The molecule has 1 fully saturated rings. The Morgan fingerprint density at radius 1 is 1.07 bits per heavy atom. The van der Waals surface area contributed by atoms with Crippen LogP contribution >= 0.6 is 0 Å². The minimum Gasteiger partial charge on any atom is -0.336 e. The summed E-state index contributed by atoms with van der Waals surface area (Å²) >= 11 is 0. The average molecular weight is 376 g/mol. The van der Waals surface area contributed by atoms with Crippen LogP contribution in [0.1, 0.15) is 37.0 Å². The Balaban J connectivity index is 1.43. The van der Waals surface area contributed by atoms with Gasteiger partial charge in [-0.15, -0.1) is 0 Å². The number of pyridine rings is 1. The second kappa shape index (κ2) is 6.86. The molecule has 3 heterocycles. The molecule has 0 atom stereocenters. The molecule has 0 N–H and O–H groups in total. The highest BCUT2D eigenvalue weighted by molar-refractivity contribution is 5.95. The molecule has 6 nitrogen and oxygen atoms in total. The van der Waals surface area contributed by atoms with Crippen LogP contribution in [0.5, 0.6) is 0 Å². The number of carbonyl (C=O) groups excluding carboxylic acids is 1. The second-order valence-electron chi connectivity index (χ2n) is 8.45. The Hall–Kier alpha value is -3.02. The third-order valence-corrected chi connectivity index (χ3v) is 5.13. The quantitative estimate of drug-likeness (QED) is 0.705. The fraction of sp³-hybridized carbons (Fsp3) is 0.364. The highest BCUT2D eigenvalue weighted by Crippen LogP contribution is 2.22. The molecule has 1 amide bonds. The van der Waals surface area contributed by atoms with Crippen molar-refractivity contribution >= 4 is 16.8 Å². The first-order valence-electron chi connectivity index (χ1n) is 9.55. The number of carbonyl (C=O) groups is 1. The third-order valence-electron chi connectivity index (χ3n) is 5.13. The minimum atomic E-state index is -0.112. The van der Waals surface area contributed by atoms with Gasteiger partial charge in [0.2, 0.25) is 0 Å². The van der Waals surface area contributed by atoms with Crippen molar-refractivity contribution < 1.29 is 4.79 Å². The zero-order valence-corrected chi connectivity index (χ0v) is 16.4. The number of amides is 1. The summed E-state index contributed by atoms with van der Waals surface area (Å²) in [6, 6.07) is 14.8. The van der Waals surface area contributed by atoms with E-state index in [0.29, 0.717) is 25.3 Å². The Labute approximate surface area is 163 Å². The smallest absolute Gasteiger partial charge is 0.272 e. The molecule has 0 bridgehead atoms. The van der Waals surface area contributed by atoms with Crippen molar-refractivity contribution in [3.63, 3.8) is 0 Å². The Bertz CT molecular complexity index is 1090. The van der Waals surface area contributed by atoms with Gasteiger partial charge in [-0.05, 0) is 18.2 Å². The zero-order chi connectivity index (χ0) is 19.9. The van der Waals surface area contributed by atoms with Gasteiger partial charge in [-0.1, -0.05) is 45.0 Å². The van der Waals surface area contributed by atoms with Crippen LogP contribution in [-0.2, 0) is 12.0 Å². The van der Waals surface area contributed by atoms with Crippen LogP contribution < -0.4 is 5.56 Å². The molecule has 1 aliphatic rings. The molecule has 2 aromatic heterocycles. The molecule has 3 aromatic rings. The number of hydrogen-bond donors (Lipinski definition) is 0. The monoisotopic (exact) mass is 376 g/mol. The van der Waals surface area contributed by atoms with Crippen LogP contribution in [0.3, 0.4) is 0 Å². The number of nitrogens with zero attached hydrogens (tertiary/aromatic N) is 4. The van der Waals surface area contributed by atoms with E-state index in [1.807, 2.05) is 30.3 Å². The molecule has 0 radical (unpaired) electrons. The van der Waals surface area contributed by atoms with Crippen molar-refractivity contribution in [2.75, 3.05) is 13.1 Å². The van der Waals surface area contributed by atoms with Gasteiger partial charge in [0.15, 0.2) is 0 Å². The van der Waals surface area contributed by atoms with E-state index in [0.717, 1.165) is 16.6 Å². The van der Waals surface area contributed by atoms with Gasteiger partial charge in [0.1, 0.15) is 5.69 Å². The van der Waals surface area contributed by atoms with E-state index < -0.39 is 0 Å². The lowest BCUT2D eigenvalue weighted by atomic mass is 9.92. The molecule has 1 saturated heterocycles. The summed E-state index contributed by atoms with van der Waals surface area (Å²) in [6.07, 6.45) is 0. The van der Waals surface area contributed by atoms with E-state index in [9.17, 15) is 9.59 Å². The maximum atomic E-state index is 12.7. The van der Waals surface area contributed by atoms with Crippen molar-refractivity contribution in [3.8, 4) is 0 Å². The summed E-state index contributed by atoms with van der Waals surface area (Å²) in [6.45, 7) is 7.97. The van der Waals surface area contributed by atoms with E-state index in [4.69, 9.17) is 0 Å². The number of rotatable bonds is 3. The van der Waals surface area contributed by atoms with Crippen molar-refractivity contribution in [3.05, 3.63) is 70.3 Å². The van der Waals surface area contributed by atoms with Gasteiger partial charge in [0.05, 0.1) is 17.8 Å². The lowest BCUT2D eigenvalue weighted by Gasteiger charge is -2.39. The number of likely N-dealkylation sites (tertiary alicyclic amines) is 1. The van der Waals surface area contributed by atoms with Crippen LogP contribution in [0.25, 0.3) is 10.9 Å². The molecule has 0 unspecified atom stereocenters. The number of para-hydroxylation sites is 1. The summed E-state index contributed by atoms with van der Waals surface area (Å²) in [5.41, 5.74) is 1.95. The van der Waals surface area contributed by atoms with Crippen molar-refractivity contribution in [2.24, 2.45) is 5.92 Å². The fourth-order valence-electron chi connectivity index (χ4n) is 3.42. The summed E-state index contributed by atoms with van der Waals surface area (Å²) in [4.78, 5) is 31.1. The normalized spacial score (nSPS) is 14.9. The largest absolute Gasteiger partial charge is 0.336 e. The lowest BCUT2D eigenvalue weighted by molar-refractivity contribution is 0.0452. The van der Waals surface area contributed by atoms with Crippen LogP contribution in [0, 0.1) is 5.92 Å². The summed E-state index contributed by atoms with van der Waals surface area (Å²) in [7, 11) is 0. The first kappa shape index (κ1) is 18.3. The number of benzene rings is 1. The van der Waals surface area contributed by atoms with E-state index in [-0.39, 0.29) is 22.8 Å².